The summed E-state index contributed by atoms with van der Waals surface area (Å²) >= 11 is 0. The van der Waals surface area contributed by atoms with Crippen LogP contribution in [-0.2, 0) is 10.1 Å². The van der Waals surface area contributed by atoms with Crippen molar-refractivity contribution < 1.29 is 21.8 Å². The van der Waals surface area contributed by atoms with Gasteiger partial charge in [-0.2, -0.15) is 17.2 Å². The number of rotatable bonds is 5. The van der Waals surface area contributed by atoms with Crippen LogP contribution in [0.5, 0.6) is 0 Å². The molecule has 0 aromatic carbocycles. The molecule has 4 unspecified atom stereocenters. The van der Waals surface area contributed by atoms with Crippen LogP contribution in [0.2, 0.25) is 0 Å². The molecule has 3 nitrogen and oxygen atoms in total. The summed E-state index contributed by atoms with van der Waals surface area (Å²) in [5, 5.41) is -3.99. The Bertz CT molecular complexity index is 487. The van der Waals surface area contributed by atoms with Gasteiger partial charge in [0.15, 0.2) is 0 Å². The third-order valence-corrected chi connectivity index (χ3v) is 6.95. The predicted octanol–water partition coefficient (Wildman–Crippen LogP) is 3.85. The molecule has 3 aliphatic carbocycles. The molecule has 3 rings (SSSR count). The molecule has 0 saturated heterocycles. The second kappa shape index (κ2) is 4.63. The number of hydrogen-bond acceptors (Lipinski definition) is 2. The molecule has 3 fully saturated rings. The standard InChI is InChI=1S/C14H22F2O3S/c15-14(16,20(17,18)19)4-1-2-12-7-11-6-10-3-5-13(12,8-10)9-11/h10-12H,1-9H2,(H,17,18,19). The Labute approximate surface area is 118 Å². The largest absolute Gasteiger partial charge is 0.370 e. The lowest BCUT2D eigenvalue weighted by Gasteiger charge is -2.33. The molecule has 3 saturated carbocycles. The average molecular weight is 308 g/mol. The molecule has 116 valence electrons. The van der Waals surface area contributed by atoms with Crippen molar-refractivity contribution in [3.8, 4) is 0 Å². The summed E-state index contributed by atoms with van der Waals surface area (Å²) in [6, 6.07) is 0. The van der Waals surface area contributed by atoms with Crippen LogP contribution in [0.25, 0.3) is 0 Å². The highest BCUT2D eigenvalue weighted by Gasteiger charge is 2.55. The van der Waals surface area contributed by atoms with Gasteiger partial charge in [-0.3, -0.25) is 4.55 Å². The van der Waals surface area contributed by atoms with E-state index >= 15 is 0 Å². The van der Waals surface area contributed by atoms with E-state index in [4.69, 9.17) is 4.55 Å². The van der Waals surface area contributed by atoms with Crippen LogP contribution in [0.1, 0.15) is 57.8 Å². The first-order valence-electron chi connectivity index (χ1n) is 7.57. The first kappa shape index (κ1) is 14.7. The van der Waals surface area contributed by atoms with Crippen LogP contribution >= 0.6 is 0 Å². The van der Waals surface area contributed by atoms with Gasteiger partial charge in [0.05, 0.1) is 0 Å². The Morgan fingerprint density at radius 2 is 1.90 bits per heavy atom. The van der Waals surface area contributed by atoms with Crippen LogP contribution in [-0.4, -0.2) is 18.2 Å². The third-order valence-electron chi connectivity index (χ3n) is 5.99. The summed E-state index contributed by atoms with van der Waals surface area (Å²) < 4.78 is 56.1. The zero-order valence-corrected chi connectivity index (χ0v) is 12.3. The van der Waals surface area contributed by atoms with E-state index in [1.807, 2.05) is 0 Å². The van der Waals surface area contributed by atoms with Gasteiger partial charge >= 0.3 is 15.4 Å². The molecule has 0 amide bonds. The van der Waals surface area contributed by atoms with Crippen LogP contribution < -0.4 is 0 Å². The fourth-order valence-electron chi connectivity index (χ4n) is 5.26. The quantitative estimate of drug-likeness (QED) is 0.785. The lowest BCUT2D eigenvalue weighted by atomic mass is 9.72. The summed E-state index contributed by atoms with van der Waals surface area (Å²) in [7, 11) is -5.26. The second-order valence-corrected chi connectivity index (χ2v) is 8.76. The molecule has 0 aliphatic heterocycles. The number of alkyl halides is 2. The van der Waals surface area contributed by atoms with Crippen LogP contribution in [0, 0.1) is 23.2 Å². The maximum absolute atomic E-state index is 13.2. The number of hydrogen-bond donors (Lipinski definition) is 1. The van der Waals surface area contributed by atoms with Gasteiger partial charge in [-0.1, -0.05) is 0 Å². The van der Waals surface area contributed by atoms with Gasteiger partial charge in [-0.15, -0.1) is 0 Å². The molecule has 3 aliphatic rings. The van der Waals surface area contributed by atoms with Crippen molar-refractivity contribution in [2.24, 2.45) is 23.2 Å². The van der Waals surface area contributed by atoms with Crippen LogP contribution in [0.3, 0.4) is 0 Å². The maximum atomic E-state index is 13.2. The highest BCUT2D eigenvalue weighted by Crippen LogP contribution is 2.65. The smallest absolute Gasteiger partial charge is 0.281 e. The SMILES string of the molecule is O=S(=O)(O)C(F)(F)CCCC1CC2CC3CCC1(C3)C2. The first-order valence-corrected chi connectivity index (χ1v) is 9.01. The van der Waals surface area contributed by atoms with Crippen LogP contribution in [0.15, 0.2) is 0 Å². The van der Waals surface area contributed by atoms with Crippen molar-refractivity contribution in [2.75, 3.05) is 0 Å². The molecule has 1 spiro atoms. The summed E-state index contributed by atoms with van der Waals surface area (Å²) in [6.45, 7) is 0. The van der Waals surface area contributed by atoms with Crippen molar-refractivity contribution >= 4 is 10.1 Å². The molecule has 1 N–H and O–H groups in total. The molecule has 0 aromatic heterocycles. The highest BCUT2D eigenvalue weighted by molar-refractivity contribution is 7.86. The van der Waals surface area contributed by atoms with Crippen molar-refractivity contribution in [1.82, 2.24) is 0 Å². The van der Waals surface area contributed by atoms with E-state index in [2.05, 4.69) is 0 Å². The molecule has 3 bridgehead atoms. The van der Waals surface area contributed by atoms with Gasteiger partial charge in [0.1, 0.15) is 0 Å². The van der Waals surface area contributed by atoms with E-state index in [1.165, 1.54) is 32.1 Å². The Hall–Kier alpha value is -0.230. The molecule has 0 aromatic rings. The molecule has 0 heterocycles. The minimum atomic E-state index is -5.26. The number of fused-ring (bicyclic) bond motifs is 2. The van der Waals surface area contributed by atoms with Crippen molar-refractivity contribution in [3.63, 3.8) is 0 Å². The van der Waals surface area contributed by atoms with Crippen molar-refractivity contribution in [1.29, 1.82) is 0 Å². The minimum absolute atomic E-state index is 0.177. The Morgan fingerprint density at radius 3 is 2.60 bits per heavy atom. The zero-order valence-electron chi connectivity index (χ0n) is 11.5. The van der Waals surface area contributed by atoms with Gasteiger partial charge in [-0.05, 0) is 74.5 Å². The zero-order chi connectivity index (χ0) is 14.6. The van der Waals surface area contributed by atoms with Gasteiger partial charge in [0, 0.05) is 6.42 Å². The third kappa shape index (κ3) is 2.39. The summed E-state index contributed by atoms with van der Waals surface area (Å²) in [5.41, 5.74) is 0.376. The first-order chi connectivity index (χ1) is 9.22. The summed E-state index contributed by atoms with van der Waals surface area (Å²) in [5.74, 6) is 2.10. The van der Waals surface area contributed by atoms with E-state index in [0.717, 1.165) is 18.3 Å². The number of halogens is 2. The average Bonchev–Trinajstić information content (AvgIpc) is 2.75. The van der Waals surface area contributed by atoms with E-state index in [-0.39, 0.29) is 6.42 Å². The topological polar surface area (TPSA) is 54.4 Å². The van der Waals surface area contributed by atoms with E-state index in [9.17, 15) is 17.2 Å². The summed E-state index contributed by atoms with van der Waals surface area (Å²) in [4.78, 5) is 0. The van der Waals surface area contributed by atoms with Gasteiger partial charge < -0.3 is 0 Å². The Balaban J connectivity index is 1.58. The lowest BCUT2D eigenvalue weighted by Crippen LogP contribution is -2.29. The monoisotopic (exact) mass is 308 g/mol. The van der Waals surface area contributed by atoms with Gasteiger partial charge in [-0.25, -0.2) is 0 Å². The maximum Gasteiger partial charge on any atom is 0.370 e. The molecule has 6 heteroatoms. The van der Waals surface area contributed by atoms with E-state index < -0.39 is 21.8 Å². The predicted molar refractivity (Wildman–Crippen MR) is 71.0 cm³/mol. The Morgan fingerprint density at radius 1 is 1.20 bits per heavy atom. The second-order valence-electron chi connectivity index (χ2n) is 7.21. The minimum Gasteiger partial charge on any atom is -0.281 e. The lowest BCUT2D eigenvalue weighted by molar-refractivity contribution is 0.0637. The Kier molecular flexibility index (Phi) is 3.40. The molecular weight excluding hydrogens is 286 g/mol. The fourth-order valence-corrected chi connectivity index (χ4v) is 5.67. The molecule has 0 radical (unpaired) electrons. The van der Waals surface area contributed by atoms with Gasteiger partial charge in [0.25, 0.3) is 0 Å². The summed E-state index contributed by atoms with van der Waals surface area (Å²) in [6.07, 6.45) is 7.55. The van der Waals surface area contributed by atoms with Crippen molar-refractivity contribution in [2.45, 2.75) is 63.0 Å². The van der Waals surface area contributed by atoms with Gasteiger partial charge in [0.2, 0.25) is 0 Å². The highest BCUT2D eigenvalue weighted by atomic mass is 32.2. The molecule has 20 heavy (non-hydrogen) atoms. The molecular formula is C14H22F2O3S. The van der Waals surface area contributed by atoms with Crippen molar-refractivity contribution in [3.05, 3.63) is 0 Å². The van der Waals surface area contributed by atoms with Crippen LogP contribution in [0.4, 0.5) is 8.78 Å². The fraction of sp³-hybridized carbons (Fsp3) is 1.00. The molecule has 4 atom stereocenters. The normalized spacial score (nSPS) is 40.2. The van der Waals surface area contributed by atoms with E-state index in [1.54, 1.807) is 0 Å². The van der Waals surface area contributed by atoms with E-state index in [0.29, 0.717) is 17.8 Å².